The molecular formula is C12H17N3S. The number of imidazole rings is 1. The van der Waals surface area contributed by atoms with E-state index in [-0.39, 0.29) is 0 Å². The SMILES string of the molecule is Cn1ccnc1CNCCCc1cccs1. The third-order valence-corrected chi connectivity index (χ3v) is 3.50. The summed E-state index contributed by atoms with van der Waals surface area (Å²) in [6.45, 7) is 1.90. The first-order valence-corrected chi connectivity index (χ1v) is 6.43. The molecule has 2 aromatic heterocycles. The van der Waals surface area contributed by atoms with E-state index >= 15 is 0 Å². The van der Waals surface area contributed by atoms with Gasteiger partial charge in [0.25, 0.3) is 0 Å². The highest BCUT2D eigenvalue weighted by Gasteiger charge is 1.98. The first-order chi connectivity index (χ1) is 7.86. The van der Waals surface area contributed by atoms with Crippen LogP contribution in [0.15, 0.2) is 29.9 Å². The van der Waals surface area contributed by atoms with Crippen molar-refractivity contribution in [3.63, 3.8) is 0 Å². The molecular weight excluding hydrogens is 218 g/mol. The van der Waals surface area contributed by atoms with Crippen LogP contribution in [0.25, 0.3) is 0 Å². The van der Waals surface area contributed by atoms with Crippen LogP contribution in [0.3, 0.4) is 0 Å². The summed E-state index contributed by atoms with van der Waals surface area (Å²) in [6, 6.07) is 4.31. The van der Waals surface area contributed by atoms with E-state index in [1.807, 2.05) is 35.3 Å². The quantitative estimate of drug-likeness (QED) is 0.778. The molecule has 0 bridgehead atoms. The summed E-state index contributed by atoms with van der Waals surface area (Å²) < 4.78 is 2.05. The Morgan fingerprint density at radius 2 is 2.44 bits per heavy atom. The number of aromatic nitrogens is 2. The zero-order valence-electron chi connectivity index (χ0n) is 9.52. The van der Waals surface area contributed by atoms with Gasteiger partial charge >= 0.3 is 0 Å². The van der Waals surface area contributed by atoms with Crippen molar-refractivity contribution in [1.82, 2.24) is 14.9 Å². The molecule has 0 saturated heterocycles. The minimum atomic E-state index is 0.855. The maximum absolute atomic E-state index is 4.27. The van der Waals surface area contributed by atoms with Crippen molar-refractivity contribution >= 4 is 11.3 Å². The molecule has 4 heteroatoms. The molecule has 16 heavy (non-hydrogen) atoms. The summed E-state index contributed by atoms with van der Waals surface area (Å²) in [4.78, 5) is 5.74. The first-order valence-electron chi connectivity index (χ1n) is 5.55. The van der Waals surface area contributed by atoms with Crippen molar-refractivity contribution < 1.29 is 0 Å². The molecule has 0 aliphatic rings. The van der Waals surface area contributed by atoms with Crippen LogP contribution >= 0.6 is 11.3 Å². The molecule has 0 aliphatic heterocycles. The average molecular weight is 235 g/mol. The number of hydrogen-bond donors (Lipinski definition) is 1. The van der Waals surface area contributed by atoms with Crippen LogP contribution in [0.5, 0.6) is 0 Å². The lowest BCUT2D eigenvalue weighted by molar-refractivity contribution is 0.615. The normalized spacial score (nSPS) is 10.8. The van der Waals surface area contributed by atoms with Crippen LogP contribution in [0.4, 0.5) is 0 Å². The van der Waals surface area contributed by atoms with Gasteiger partial charge in [0.05, 0.1) is 6.54 Å². The second-order valence-corrected chi connectivity index (χ2v) is 4.85. The minimum absolute atomic E-state index is 0.855. The number of rotatable bonds is 6. The van der Waals surface area contributed by atoms with Gasteiger partial charge in [-0.15, -0.1) is 11.3 Å². The Hall–Kier alpha value is -1.13. The molecule has 0 unspecified atom stereocenters. The lowest BCUT2D eigenvalue weighted by Crippen LogP contribution is -2.17. The Morgan fingerprint density at radius 1 is 1.50 bits per heavy atom. The van der Waals surface area contributed by atoms with Crippen LogP contribution in [-0.4, -0.2) is 16.1 Å². The number of aryl methyl sites for hydroxylation is 2. The summed E-state index contributed by atoms with van der Waals surface area (Å²) in [5.41, 5.74) is 0. The fourth-order valence-electron chi connectivity index (χ4n) is 1.61. The van der Waals surface area contributed by atoms with Crippen molar-refractivity contribution in [2.24, 2.45) is 7.05 Å². The summed E-state index contributed by atoms with van der Waals surface area (Å²) >= 11 is 1.84. The predicted octanol–water partition coefficient (Wildman–Crippen LogP) is 2.20. The summed E-state index contributed by atoms with van der Waals surface area (Å²) in [5, 5.41) is 5.55. The summed E-state index contributed by atoms with van der Waals surface area (Å²) in [5.74, 6) is 1.09. The molecule has 0 aromatic carbocycles. The Bertz CT molecular complexity index is 406. The molecule has 86 valence electrons. The molecule has 0 amide bonds. The van der Waals surface area contributed by atoms with Crippen LogP contribution in [0.1, 0.15) is 17.1 Å². The van der Waals surface area contributed by atoms with Gasteiger partial charge in [-0.25, -0.2) is 4.98 Å². The standard InChI is InChI=1S/C12H17N3S/c1-15-8-7-14-12(15)10-13-6-2-4-11-5-3-9-16-11/h3,5,7-9,13H,2,4,6,10H2,1H3. The fraction of sp³-hybridized carbons (Fsp3) is 0.417. The lowest BCUT2D eigenvalue weighted by Gasteiger charge is -2.04. The molecule has 2 heterocycles. The number of nitrogens with zero attached hydrogens (tertiary/aromatic N) is 2. The van der Waals surface area contributed by atoms with Crippen LogP contribution in [0.2, 0.25) is 0 Å². The minimum Gasteiger partial charge on any atom is -0.337 e. The highest BCUT2D eigenvalue weighted by Crippen LogP contribution is 2.10. The zero-order valence-corrected chi connectivity index (χ0v) is 10.3. The molecule has 0 fully saturated rings. The fourth-order valence-corrected chi connectivity index (χ4v) is 2.36. The van der Waals surface area contributed by atoms with Crippen molar-refractivity contribution in [1.29, 1.82) is 0 Å². The number of thiophene rings is 1. The Labute approximate surface area is 100 Å². The van der Waals surface area contributed by atoms with Crippen molar-refractivity contribution in [2.75, 3.05) is 6.54 Å². The van der Waals surface area contributed by atoms with E-state index in [1.165, 1.54) is 17.7 Å². The van der Waals surface area contributed by atoms with Gasteiger partial charge < -0.3 is 9.88 Å². The predicted molar refractivity (Wildman–Crippen MR) is 67.6 cm³/mol. The highest BCUT2D eigenvalue weighted by molar-refractivity contribution is 7.09. The summed E-state index contributed by atoms with van der Waals surface area (Å²) in [6.07, 6.45) is 6.17. The zero-order chi connectivity index (χ0) is 11.2. The van der Waals surface area contributed by atoms with Gasteiger partial charge in [-0.3, -0.25) is 0 Å². The third kappa shape index (κ3) is 3.18. The molecule has 0 spiro atoms. The molecule has 0 radical (unpaired) electrons. The maximum Gasteiger partial charge on any atom is 0.122 e. The van der Waals surface area contributed by atoms with Crippen LogP contribution < -0.4 is 5.32 Å². The van der Waals surface area contributed by atoms with Gasteiger partial charge in [0.1, 0.15) is 5.82 Å². The molecule has 0 atom stereocenters. The second-order valence-electron chi connectivity index (χ2n) is 3.81. The van der Waals surface area contributed by atoms with E-state index in [0.29, 0.717) is 0 Å². The largest absolute Gasteiger partial charge is 0.337 e. The molecule has 2 rings (SSSR count). The molecule has 3 nitrogen and oxygen atoms in total. The summed E-state index contributed by atoms with van der Waals surface area (Å²) in [7, 11) is 2.02. The Kier molecular flexibility index (Phi) is 4.13. The number of nitrogens with one attached hydrogen (secondary N) is 1. The maximum atomic E-state index is 4.27. The first kappa shape index (κ1) is 11.4. The van der Waals surface area contributed by atoms with E-state index in [9.17, 15) is 0 Å². The van der Waals surface area contributed by atoms with E-state index in [2.05, 4.69) is 27.8 Å². The van der Waals surface area contributed by atoms with E-state index in [4.69, 9.17) is 0 Å². The number of hydrogen-bond acceptors (Lipinski definition) is 3. The van der Waals surface area contributed by atoms with Gasteiger partial charge in [0.2, 0.25) is 0 Å². The van der Waals surface area contributed by atoms with Crippen molar-refractivity contribution in [2.45, 2.75) is 19.4 Å². The van der Waals surface area contributed by atoms with E-state index < -0.39 is 0 Å². The monoisotopic (exact) mass is 235 g/mol. The highest BCUT2D eigenvalue weighted by atomic mass is 32.1. The lowest BCUT2D eigenvalue weighted by atomic mass is 10.2. The average Bonchev–Trinajstić information content (AvgIpc) is 2.90. The van der Waals surface area contributed by atoms with Crippen molar-refractivity contribution in [3.8, 4) is 0 Å². The van der Waals surface area contributed by atoms with Crippen LogP contribution in [-0.2, 0) is 20.0 Å². The second kappa shape index (κ2) is 5.82. The van der Waals surface area contributed by atoms with E-state index in [1.54, 1.807) is 0 Å². The van der Waals surface area contributed by atoms with Gasteiger partial charge in [-0.2, -0.15) is 0 Å². The van der Waals surface area contributed by atoms with Crippen LogP contribution in [0, 0.1) is 0 Å². The topological polar surface area (TPSA) is 29.9 Å². The molecule has 0 aliphatic carbocycles. The molecule has 0 saturated carbocycles. The third-order valence-electron chi connectivity index (χ3n) is 2.56. The van der Waals surface area contributed by atoms with Gasteiger partial charge in [0.15, 0.2) is 0 Å². The van der Waals surface area contributed by atoms with Gasteiger partial charge in [0, 0.05) is 24.3 Å². The Morgan fingerprint density at radius 3 is 3.12 bits per heavy atom. The Balaban J connectivity index is 1.61. The smallest absolute Gasteiger partial charge is 0.122 e. The molecule has 1 N–H and O–H groups in total. The van der Waals surface area contributed by atoms with Crippen molar-refractivity contribution in [3.05, 3.63) is 40.6 Å². The van der Waals surface area contributed by atoms with Gasteiger partial charge in [-0.1, -0.05) is 6.07 Å². The van der Waals surface area contributed by atoms with E-state index in [0.717, 1.165) is 18.9 Å². The van der Waals surface area contributed by atoms with Gasteiger partial charge in [-0.05, 0) is 30.8 Å². The molecule has 2 aromatic rings.